The Kier molecular flexibility index (Phi) is 8.38. The van der Waals surface area contributed by atoms with Gasteiger partial charge in [-0.3, -0.25) is 9.59 Å². The lowest BCUT2D eigenvalue weighted by atomic mass is 9.99. The summed E-state index contributed by atoms with van der Waals surface area (Å²) in [4.78, 5) is 38.3. The molecule has 0 aromatic heterocycles. The molecular formula is C24H26Cl2N2O5S. The van der Waals surface area contributed by atoms with Gasteiger partial charge in [0.05, 0.1) is 5.88 Å². The van der Waals surface area contributed by atoms with Crippen molar-refractivity contribution in [3.8, 4) is 5.75 Å². The molecule has 1 unspecified atom stereocenters. The van der Waals surface area contributed by atoms with Gasteiger partial charge < -0.3 is 20.1 Å². The van der Waals surface area contributed by atoms with E-state index in [9.17, 15) is 19.5 Å². The molecule has 0 saturated carbocycles. The quantitative estimate of drug-likeness (QED) is 0.531. The van der Waals surface area contributed by atoms with Crippen LogP contribution in [0.15, 0.2) is 42.5 Å². The molecule has 0 aliphatic carbocycles. The van der Waals surface area contributed by atoms with Crippen molar-refractivity contribution in [2.45, 2.75) is 50.6 Å². The van der Waals surface area contributed by atoms with Gasteiger partial charge in [0.1, 0.15) is 24.4 Å². The standard InChI is InChI=1S/C24H26Cl2N2O5S/c1-14(29)28-13-34-24(2,3)21(28)22(30)27-20(23(31)32)11-15-7-9-16(10-8-15)33-12-17-18(25)5-4-6-19(17)26/h4-10,20-21H,11-13H2,1-3H3,(H,27,30)(H,31,32)/t20-,21?/m0/s1. The smallest absolute Gasteiger partial charge is 0.326 e. The number of carboxylic acid groups (broad SMARTS) is 1. The molecule has 2 amide bonds. The van der Waals surface area contributed by atoms with Gasteiger partial charge in [-0.15, -0.1) is 11.8 Å². The summed E-state index contributed by atoms with van der Waals surface area (Å²) in [5.74, 6) is -0.899. The molecule has 1 saturated heterocycles. The predicted molar refractivity (Wildman–Crippen MR) is 133 cm³/mol. The second-order valence-corrected chi connectivity index (χ2v) is 10.9. The average Bonchev–Trinajstić information content (AvgIpc) is 3.09. The van der Waals surface area contributed by atoms with Gasteiger partial charge in [0.15, 0.2) is 0 Å². The molecule has 3 rings (SSSR count). The Morgan fingerprint density at radius 3 is 2.35 bits per heavy atom. The molecule has 1 aliphatic rings. The molecule has 34 heavy (non-hydrogen) atoms. The Hall–Kier alpha value is -2.42. The monoisotopic (exact) mass is 524 g/mol. The van der Waals surface area contributed by atoms with E-state index in [0.717, 1.165) is 0 Å². The number of hydrogen-bond donors (Lipinski definition) is 2. The molecule has 1 heterocycles. The number of thioether (sulfide) groups is 1. The molecule has 1 aliphatic heterocycles. The fourth-order valence-electron chi connectivity index (χ4n) is 3.73. The SMILES string of the molecule is CC(=O)N1CSC(C)(C)C1C(=O)N[C@@H](Cc1ccc(OCc2c(Cl)cccc2Cl)cc1)C(=O)O. The zero-order valence-corrected chi connectivity index (χ0v) is 21.3. The first-order valence-electron chi connectivity index (χ1n) is 10.6. The van der Waals surface area contributed by atoms with Crippen LogP contribution in [0.3, 0.4) is 0 Å². The van der Waals surface area contributed by atoms with Crippen LogP contribution in [0.4, 0.5) is 0 Å². The number of halogens is 2. The Labute approximate surface area is 212 Å². The highest BCUT2D eigenvalue weighted by Crippen LogP contribution is 2.39. The third-order valence-electron chi connectivity index (χ3n) is 5.62. The van der Waals surface area contributed by atoms with Crippen molar-refractivity contribution >= 4 is 52.7 Å². The van der Waals surface area contributed by atoms with Gasteiger partial charge >= 0.3 is 5.97 Å². The second-order valence-electron chi connectivity index (χ2n) is 8.50. The van der Waals surface area contributed by atoms with Crippen LogP contribution >= 0.6 is 35.0 Å². The molecular weight excluding hydrogens is 499 g/mol. The number of carbonyl (C=O) groups excluding carboxylic acids is 2. The van der Waals surface area contributed by atoms with Crippen LogP contribution in [0, 0.1) is 0 Å². The van der Waals surface area contributed by atoms with E-state index < -0.39 is 28.7 Å². The minimum Gasteiger partial charge on any atom is -0.489 e. The van der Waals surface area contributed by atoms with E-state index in [2.05, 4.69) is 5.32 Å². The van der Waals surface area contributed by atoms with E-state index in [0.29, 0.717) is 32.8 Å². The number of nitrogens with zero attached hydrogens (tertiary/aromatic N) is 1. The highest BCUT2D eigenvalue weighted by atomic mass is 35.5. The molecule has 2 aromatic carbocycles. The first-order chi connectivity index (χ1) is 16.0. The molecule has 0 bridgehead atoms. The normalized spacial score (nSPS) is 17.8. The Morgan fingerprint density at radius 1 is 1.18 bits per heavy atom. The minimum absolute atomic E-state index is 0.0814. The van der Waals surface area contributed by atoms with E-state index in [1.54, 1.807) is 42.5 Å². The summed E-state index contributed by atoms with van der Waals surface area (Å²) in [7, 11) is 0. The third-order valence-corrected chi connectivity index (χ3v) is 7.70. The van der Waals surface area contributed by atoms with Crippen molar-refractivity contribution in [1.29, 1.82) is 0 Å². The van der Waals surface area contributed by atoms with Crippen LogP contribution in [-0.2, 0) is 27.4 Å². The minimum atomic E-state index is -1.15. The van der Waals surface area contributed by atoms with Gasteiger partial charge in [-0.05, 0) is 43.7 Å². The maximum atomic E-state index is 13.0. The van der Waals surface area contributed by atoms with Gasteiger partial charge in [-0.1, -0.05) is 41.4 Å². The van der Waals surface area contributed by atoms with Gasteiger partial charge in [-0.25, -0.2) is 4.79 Å². The van der Waals surface area contributed by atoms with Crippen molar-refractivity contribution < 1.29 is 24.2 Å². The van der Waals surface area contributed by atoms with E-state index >= 15 is 0 Å². The number of ether oxygens (including phenoxy) is 1. The van der Waals surface area contributed by atoms with Crippen LogP contribution in [-0.4, -0.2) is 50.5 Å². The van der Waals surface area contributed by atoms with E-state index in [1.165, 1.54) is 23.6 Å². The van der Waals surface area contributed by atoms with Crippen LogP contribution in [0.1, 0.15) is 31.9 Å². The molecule has 182 valence electrons. The van der Waals surface area contributed by atoms with Crippen LogP contribution in [0.2, 0.25) is 10.0 Å². The lowest BCUT2D eigenvalue weighted by Crippen LogP contribution is -2.56. The first-order valence-corrected chi connectivity index (χ1v) is 12.3. The highest BCUT2D eigenvalue weighted by molar-refractivity contribution is 8.00. The van der Waals surface area contributed by atoms with Crippen LogP contribution in [0.5, 0.6) is 5.75 Å². The predicted octanol–water partition coefficient (Wildman–Crippen LogP) is 4.38. The molecule has 0 spiro atoms. The van der Waals surface area contributed by atoms with Crippen LogP contribution in [0.25, 0.3) is 0 Å². The van der Waals surface area contributed by atoms with Crippen molar-refractivity contribution in [2.24, 2.45) is 0 Å². The fourth-order valence-corrected chi connectivity index (χ4v) is 5.43. The molecule has 2 atom stereocenters. The number of hydrogen-bond acceptors (Lipinski definition) is 5. The lowest BCUT2D eigenvalue weighted by Gasteiger charge is -2.30. The Bertz CT molecular complexity index is 1060. The number of amides is 2. The highest BCUT2D eigenvalue weighted by Gasteiger charge is 2.47. The van der Waals surface area contributed by atoms with Gasteiger partial charge in [0.25, 0.3) is 0 Å². The third kappa shape index (κ3) is 6.17. The number of benzene rings is 2. The lowest BCUT2D eigenvalue weighted by molar-refractivity contribution is -0.144. The van der Waals surface area contributed by atoms with Crippen molar-refractivity contribution in [3.05, 3.63) is 63.6 Å². The summed E-state index contributed by atoms with van der Waals surface area (Å²) in [6.45, 7) is 5.33. The zero-order valence-electron chi connectivity index (χ0n) is 19.0. The fraction of sp³-hybridized carbons (Fsp3) is 0.375. The number of carbonyl (C=O) groups is 3. The zero-order chi connectivity index (χ0) is 25.0. The second kappa shape index (κ2) is 10.9. The van der Waals surface area contributed by atoms with Crippen molar-refractivity contribution in [2.75, 3.05) is 5.88 Å². The number of aliphatic carboxylic acids is 1. The molecule has 1 fully saturated rings. The largest absolute Gasteiger partial charge is 0.489 e. The van der Waals surface area contributed by atoms with Crippen molar-refractivity contribution in [1.82, 2.24) is 10.2 Å². The van der Waals surface area contributed by atoms with Crippen molar-refractivity contribution in [3.63, 3.8) is 0 Å². The Balaban J connectivity index is 1.65. The molecule has 2 N–H and O–H groups in total. The average molecular weight is 525 g/mol. The topological polar surface area (TPSA) is 95.9 Å². The molecule has 10 heteroatoms. The van der Waals surface area contributed by atoms with Gasteiger partial charge in [0.2, 0.25) is 11.8 Å². The molecule has 7 nitrogen and oxygen atoms in total. The summed E-state index contributed by atoms with van der Waals surface area (Å²) < 4.78 is 5.23. The van der Waals surface area contributed by atoms with Gasteiger partial charge in [0, 0.05) is 33.7 Å². The number of rotatable bonds is 8. The molecule has 0 radical (unpaired) electrons. The maximum Gasteiger partial charge on any atom is 0.326 e. The Morgan fingerprint density at radius 2 is 1.79 bits per heavy atom. The first kappa shape index (κ1) is 26.2. The van der Waals surface area contributed by atoms with E-state index in [4.69, 9.17) is 27.9 Å². The summed E-state index contributed by atoms with van der Waals surface area (Å²) in [6.07, 6.45) is 0.0814. The summed E-state index contributed by atoms with van der Waals surface area (Å²) in [6, 6.07) is 10.2. The van der Waals surface area contributed by atoms with Crippen LogP contribution < -0.4 is 10.1 Å². The maximum absolute atomic E-state index is 13.0. The number of nitrogens with one attached hydrogen (secondary N) is 1. The summed E-state index contributed by atoms with van der Waals surface area (Å²) in [5.41, 5.74) is 1.38. The van der Waals surface area contributed by atoms with E-state index in [1.807, 2.05) is 13.8 Å². The summed E-state index contributed by atoms with van der Waals surface area (Å²) >= 11 is 13.8. The van der Waals surface area contributed by atoms with Gasteiger partial charge in [-0.2, -0.15) is 0 Å². The van der Waals surface area contributed by atoms with E-state index in [-0.39, 0.29) is 18.9 Å². The number of carboxylic acids is 1. The summed E-state index contributed by atoms with van der Waals surface area (Å²) in [5, 5.41) is 13.3. The molecule has 2 aromatic rings.